The van der Waals surface area contributed by atoms with E-state index in [4.69, 9.17) is 30.8 Å². The van der Waals surface area contributed by atoms with Gasteiger partial charge in [0.2, 0.25) is 0 Å². The number of hydrogen-bond acceptors (Lipinski definition) is 7. The maximum atomic E-state index is 13.5. The van der Waals surface area contributed by atoms with E-state index in [1.807, 2.05) is 24.3 Å². The summed E-state index contributed by atoms with van der Waals surface area (Å²) >= 11 is 7.77. The lowest BCUT2D eigenvalue weighted by Gasteiger charge is -2.27. The Balaban J connectivity index is 1.66. The molecular weight excluding hydrogens is 450 g/mol. The van der Waals surface area contributed by atoms with Crippen LogP contribution in [0.15, 0.2) is 36.4 Å². The molecule has 0 spiro atoms. The molecule has 1 saturated heterocycles. The molecule has 1 aliphatic rings. The fourth-order valence-electron chi connectivity index (χ4n) is 3.73. The van der Waals surface area contributed by atoms with E-state index in [1.54, 1.807) is 31.3 Å². The van der Waals surface area contributed by atoms with E-state index in [1.165, 1.54) is 11.3 Å². The van der Waals surface area contributed by atoms with Gasteiger partial charge < -0.3 is 14.2 Å². The first kappa shape index (κ1) is 22.8. The monoisotopic (exact) mass is 475 g/mol. The number of ether oxygens (including phenoxy) is 3. The van der Waals surface area contributed by atoms with Gasteiger partial charge in [-0.1, -0.05) is 35.1 Å². The highest BCUT2D eigenvalue weighted by atomic mass is 35.5. The summed E-state index contributed by atoms with van der Waals surface area (Å²) in [5, 5.41) is 1.02. The van der Waals surface area contributed by atoms with E-state index in [2.05, 4.69) is 4.90 Å². The maximum Gasteiger partial charge on any atom is 0.261 e. The molecule has 0 aliphatic carbocycles. The third-order valence-electron chi connectivity index (χ3n) is 5.44. The van der Waals surface area contributed by atoms with Crippen LogP contribution in [0.4, 0.5) is 5.13 Å². The van der Waals surface area contributed by atoms with Gasteiger partial charge in [-0.25, -0.2) is 4.98 Å². The van der Waals surface area contributed by atoms with Crippen LogP contribution >= 0.6 is 22.9 Å². The highest BCUT2D eigenvalue weighted by molar-refractivity contribution is 7.22. The molecule has 1 aromatic heterocycles. The minimum Gasteiger partial charge on any atom is -0.495 e. The standard InChI is InChI=1S/C23H26ClN3O4S/c1-29-18-8-9-19(30-2)21-20(18)25-23(32-21)27(11-5-10-26-12-14-31-15-13-26)22(28)16-6-3-4-7-17(16)24/h3-4,6-9H,5,10-15H2,1-2H3. The second-order valence-corrected chi connectivity index (χ2v) is 8.77. The van der Waals surface area contributed by atoms with Gasteiger partial charge in [-0.3, -0.25) is 14.6 Å². The molecule has 3 aromatic rings. The Morgan fingerprint density at radius 2 is 1.88 bits per heavy atom. The van der Waals surface area contributed by atoms with Crippen LogP contribution in [0, 0.1) is 0 Å². The summed E-state index contributed by atoms with van der Waals surface area (Å²) < 4.78 is 17.3. The number of aromatic nitrogens is 1. The number of halogens is 1. The smallest absolute Gasteiger partial charge is 0.261 e. The Morgan fingerprint density at radius 1 is 1.16 bits per heavy atom. The molecular formula is C23H26ClN3O4S. The van der Waals surface area contributed by atoms with Crippen LogP contribution in [0.25, 0.3) is 10.2 Å². The molecule has 0 bridgehead atoms. The lowest BCUT2D eigenvalue weighted by Crippen LogP contribution is -2.39. The van der Waals surface area contributed by atoms with E-state index in [0.29, 0.717) is 39.3 Å². The molecule has 7 nitrogen and oxygen atoms in total. The molecule has 32 heavy (non-hydrogen) atoms. The Hall–Kier alpha value is -2.39. The molecule has 1 fully saturated rings. The number of hydrogen-bond donors (Lipinski definition) is 0. The predicted molar refractivity (Wildman–Crippen MR) is 128 cm³/mol. The average molecular weight is 476 g/mol. The molecule has 0 atom stereocenters. The first-order chi connectivity index (χ1) is 15.6. The van der Waals surface area contributed by atoms with Gasteiger partial charge in [0.05, 0.1) is 38.0 Å². The van der Waals surface area contributed by atoms with Gasteiger partial charge in [0.25, 0.3) is 5.91 Å². The molecule has 4 rings (SSSR count). The van der Waals surface area contributed by atoms with Gasteiger partial charge in [-0.15, -0.1) is 0 Å². The van der Waals surface area contributed by atoms with Gasteiger partial charge in [0.15, 0.2) is 5.13 Å². The summed E-state index contributed by atoms with van der Waals surface area (Å²) in [6, 6.07) is 10.8. The number of benzene rings is 2. The maximum absolute atomic E-state index is 13.5. The van der Waals surface area contributed by atoms with E-state index in [0.717, 1.165) is 44.0 Å². The number of methoxy groups -OCH3 is 2. The second-order valence-electron chi connectivity index (χ2n) is 7.39. The van der Waals surface area contributed by atoms with E-state index < -0.39 is 0 Å². The van der Waals surface area contributed by atoms with Crippen molar-refractivity contribution >= 4 is 44.2 Å². The van der Waals surface area contributed by atoms with Crippen LogP contribution in [-0.2, 0) is 4.74 Å². The summed E-state index contributed by atoms with van der Waals surface area (Å²) in [6.45, 7) is 4.72. The average Bonchev–Trinajstić information content (AvgIpc) is 3.27. The van der Waals surface area contributed by atoms with Crippen molar-refractivity contribution in [3.8, 4) is 11.5 Å². The molecule has 9 heteroatoms. The predicted octanol–water partition coefficient (Wildman–Crippen LogP) is 4.34. The largest absolute Gasteiger partial charge is 0.495 e. The number of thiazole rings is 1. The van der Waals surface area contributed by atoms with Crippen LogP contribution in [0.5, 0.6) is 11.5 Å². The second kappa shape index (κ2) is 10.5. The van der Waals surface area contributed by atoms with Crippen molar-refractivity contribution in [2.45, 2.75) is 6.42 Å². The molecule has 2 heterocycles. The molecule has 1 aliphatic heterocycles. The number of amides is 1. The van der Waals surface area contributed by atoms with Crippen molar-refractivity contribution in [1.82, 2.24) is 9.88 Å². The number of nitrogens with zero attached hydrogens (tertiary/aromatic N) is 3. The highest BCUT2D eigenvalue weighted by Crippen LogP contribution is 2.40. The van der Waals surface area contributed by atoms with Crippen molar-refractivity contribution in [2.24, 2.45) is 0 Å². The zero-order valence-electron chi connectivity index (χ0n) is 18.2. The summed E-state index contributed by atoms with van der Waals surface area (Å²) in [7, 11) is 3.23. The molecule has 0 N–H and O–H groups in total. The van der Waals surface area contributed by atoms with Crippen molar-refractivity contribution in [2.75, 3.05) is 58.5 Å². The van der Waals surface area contributed by atoms with Gasteiger partial charge >= 0.3 is 0 Å². The van der Waals surface area contributed by atoms with Gasteiger partial charge in [0, 0.05) is 26.2 Å². The molecule has 2 aromatic carbocycles. The number of morpholine rings is 1. The topological polar surface area (TPSA) is 64.1 Å². The zero-order valence-corrected chi connectivity index (χ0v) is 19.7. The van der Waals surface area contributed by atoms with Gasteiger partial charge in [-0.05, 0) is 30.7 Å². The summed E-state index contributed by atoms with van der Waals surface area (Å²) in [5.41, 5.74) is 1.13. The fraction of sp³-hybridized carbons (Fsp3) is 0.391. The molecule has 0 saturated carbocycles. The number of carbonyl (C=O) groups is 1. The molecule has 0 unspecified atom stereocenters. The Labute approximate surface area is 196 Å². The van der Waals surface area contributed by atoms with Crippen molar-refractivity contribution in [3.63, 3.8) is 0 Å². The molecule has 170 valence electrons. The Bertz CT molecular complexity index is 1040. The first-order valence-electron chi connectivity index (χ1n) is 10.5. The first-order valence-corrected chi connectivity index (χ1v) is 11.7. The minimum atomic E-state index is -0.172. The number of anilines is 1. The minimum absolute atomic E-state index is 0.172. The quantitative estimate of drug-likeness (QED) is 0.483. The third kappa shape index (κ3) is 4.83. The normalized spacial score (nSPS) is 14.5. The summed E-state index contributed by atoms with van der Waals surface area (Å²) in [5.74, 6) is 1.17. The van der Waals surface area contributed by atoms with Crippen LogP contribution < -0.4 is 14.4 Å². The van der Waals surface area contributed by atoms with Crippen molar-refractivity contribution in [3.05, 3.63) is 47.0 Å². The van der Waals surface area contributed by atoms with E-state index >= 15 is 0 Å². The number of rotatable bonds is 8. The Morgan fingerprint density at radius 3 is 2.59 bits per heavy atom. The Kier molecular flexibility index (Phi) is 7.47. The summed E-state index contributed by atoms with van der Waals surface area (Å²) in [6.07, 6.45) is 0.806. The summed E-state index contributed by atoms with van der Waals surface area (Å²) in [4.78, 5) is 22.4. The fourth-order valence-corrected chi connectivity index (χ4v) is 5.05. The SMILES string of the molecule is COc1ccc(OC)c2sc(N(CCCN3CCOCC3)C(=O)c3ccccc3Cl)nc12. The van der Waals surface area contributed by atoms with Gasteiger partial charge in [-0.2, -0.15) is 0 Å². The van der Waals surface area contributed by atoms with E-state index in [9.17, 15) is 4.79 Å². The molecule has 0 radical (unpaired) electrons. The van der Waals surface area contributed by atoms with Crippen LogP contribution in [-0.4, -0.2) is 69.4 Å². The lowest BCUT2D eigenvalue weighted by atomic mass is 10.2. The lowest BCUT2D eigenvalue weighted by molar-refractivity contribution is 0.0376. The van der Waals surface area contributed by atoms with E-state index in [-0.39, 0.29) is 5.91 Å². The van der Waals surface area contributed by atoms with Crippen LogP contribution in [0.3, 0.4) is 0 Å². The van der Waals surface area contributed by atoms with Crippen molar-refractivity contribution in [1.29, 1.82) is 0 Å². The zero-order chi connectivity index (χ0) is 22.5. The third-order valence-corrected chi connectivity index (χ3v) is 6.86. The number of carbonyl (C=O) groups excluding carboxylic acids is 1. The van der Waals surface area contributed by atoms with Crippen molar-refractivity contribution < 1.29 is 19.0 Å². The number of fused-ring (bicyclic) bond motifs is 1. The van der Waals surface area contributed by atoms with Crippen LogP contribution in [0.1, 0.15) is 16.8 Å². The highest BCUT2D eigenvalue weighted by Gasteiger charge is 2.25. The molecule has 1 amide bonds. The van der Waals surface area contributed by atoms with Crippen LogP contribution in [0.2, 0.25) is 5.02 Å². The van der Waals surface area contributed by atoms with Gasteiger partial charge in [0.1, 0.15) is 21.7 Å².